The molecule has 1 aromatic heterocycles. The first-order valence-electron chi connectivity index (χ1n) is 6.78. The van der Waals surface area contributed by atoms with E-state index in [-0.39, 0.29) is 16.0 Å². The summed E-state index contributed by atoms with van der Waals surface area (Å²) in [5.74, 6) is -0.806. The molecule has 1 heterocycles. The summed E-state index contributed by atoms with van der Waals surface area (Å²) in [6.07, 6.45) is 0. The van der Waals surface area contributed by atoms with Gasteiger partial charge in [-0.3, -0.25) is 25.1 Å². The number of nitro benzene ring substituents is 1. The topological polar surface area (TPSA) is 110 Å². The van der Waals surface area contributed by atoms with Crippen LogP contribution in [0.25, 0.3) is 10.9 Å². The summed E-state index contributed by atoms with van der Waals surface area (Å²) < 4.78 is 0.835. The number of benzene rings is 2. The summed E-state index contributed by atoms with van der Waals surface area (Å²) in [5.41, 5.74) is 1.78. The normalized spacial score (nSPS) is 10.5. The number of para-hydroxylation sites is 2. The van der Waals surface area contributed by atoms with Crippen molar-refractivity contribution in [1.29, 1.82) is 0 Å². The molecule has 0 radical (unpaired) electrons. The summed E-state index contributed by atoms with van der Waals surface area (Å²) in [4.78, 5) is 38.0. The van der Waals surface area contributed by atoms with Crippen LogP contribution >= 0.6 is 12.2 Å². The van der Waals surface area contributed by atoms with E-state index in [2.05, 4.69) is 10.4 Å². The number of aromatic nitrogens is 2. The van der Waals surface area contributed by atoms with Crippen LogP contribution in [-0.2, 0) is 0 Å². The van der Waals surface area contributed by atoms with Crippen LogP contribution in [0.1, 0.15) is 10.4 Å². The number of hydrogen-bond acceptors (Lipinski definition) is 5. The zero-order valence-electron chi connectivity index (χ0n) is 12.1. The molecule has 0 atom stereocenters. The zero-order chi connectivity index (χ0) is 17.3. The van der Waals surface area contributed by atoms with Crippen molar-refractivity contribution in [3.63, 3.8) is 0 Å². The van der Waals surface area contributed by atoms with Crippen LogP contribution < -0.4 is 11.0 Å². The van der Waals surface area contributed by atoms with Crippen LogP contribution in [-0.4, -0.2) is 20.5 Å². The lowest BCUT2D eigenvalue weighted by atomic mass is 10.2. The number of amides is 1. The monoisotopic (exact) mass is 342 g/mol. The van der Waals surface area contributed by atoms with Crippen LogP contribution in [0.3, 0.4) is 0 Å². The van der Waals surface area contributed by atoms with Gasteiger partial charge < -0.3 is 4.98 Å². The smallest absolute Gasteiger partial charge is 0.282 e. The second-order valence-corrected chi connectivity index (χ2v) is 5.22. The highest BCUT2D eigenvalue weighted by molar-refractivity contribution is 7.71. The first kappa shape index (κ1) is 15.6. The van der Waals surface area contributed by atoms with Gasteiger partial charge in [-0.2, -0.15) is 4.68 Å². The van der Waals surface area contributed by atoms with Gasteiger partial charge in [0.2, 0.25) is 0 Å². The Hall–Kier alpha value is -3.33. The molecule has 2 N–H and O–H groups in total. The van der Waals surface area contributed by atoms with Gasteiger partial charge in [-0.1, -0.05) is 24.3 Å². The van der Waals surface area contributed by atoms with Gasteiger partial charge in [-0.05, 0) is 30.4 Å². The molecule has 0 spiro atoms. The lowest BCUT2D eigenvalue weighted by Gasteiger charge is -2.09. The van der Waals surface area contributed by atoms with Crippen LogP contribution in [0.4, 0.5) is 5.69 Å². The van der Waals surface area contributed by atoms with Crippen molar-refractivity contribution in [1.82, 2.24) is 9.66 Å². The fourth-order valence-corrected chi connectivity index (χ4v) is 2.49. The van der Waals surface area contributed by atoms with Gasteiger partial charge in [0.15, 0.2) is 4.77 Å². The molecule has 0 fully saturated rings. The maximum absolute atomic E-state index is 12.5. The van der Waals surface area contributed by atoms with Crippen LogP contribution in [0.15, 0.2) is 53.3 Å². The van der Waals surface area contributed by atoms with Crippen molar-refractivity contribution in [3.8, 4) is 0 Å². The molecule has 9 heteroatoms. The minimum absolute atomic E-state index is 0.0226. The molecular weight excluding hydrogens is 332 g/mol. The number of carbonyl (C=O) groups excluding carboxylic acids is 1. The zero-order valence-corrected chi connectivity index (χ0v) is 12.9. The Morgan fingerprint density at radius 1 is 1.17 bits per heavy atom. The maximum atomic E-state index is 12.5. The molecule has 0 aliphatic heterocycles. The third-order valence-corrected chi connectivity index (χ3v) is 3.65. The highest BCUT2D eigenvalue weighted by Gasteiger charge is 2.20. The van der Waals surface area contributed by atoms with Gasteiger partial charge in [-0.25, -0.2) is 0 Å². The highest BCUT2D eigenvalue weighted by Crippen LogP contribution is 2.17. The lowest BCUT2D eigenvalue weighted by Crippen LogP contribution is -2.34. The Bertz CT molecular complexity index is 1090. The summed E-state index contributed by atoms with van der Waals surface area (Å²) in [6, 6.07) is 12.1. The third-order valence-electron chi connectivity index (χ3n) is 3.36. The Morgan fingerprint density at radius 2 is 1.83 bits per heavy atom. The van der Waals surface area contributed by atoms with E-state index in [0.717, 1.165) is 4.68 Å². The minimum atomic E-state index is -0.806. The molecule has 0 bridgehead atoms. The summed E-state index contributed by atoms with van der Waals surface area (Å²) >= 11 is 5.08. The van der Waals surface area contributed by atoms with Crippen LogP contribution in [0, 0.1) is 14.9 Å². The van der Waals surface area contributed by atoms with Gasteiger partial charge in [0.1, 0.15) is 5.56 Å². The number of aromatic amines is 1. The Balaban J connectivity index is 2.08. The molecule has 0 saturated carbocycles. The average molecular weight is 342 g/mol. The van der Waals surface area contributed by atoms with E-state index in [1.807, 2.05) is 0 Å². The van der Waals surface area contributed by atoms with E-state index in [4.69, 9.17) is 12.2 Å². The van der Waals surface area contributed by atoms with Gasteiger partial charge in [0.05, 0.1) is 15.8 Å². The highest BCUT2D eigenvalue weighted by atomic mass is 32.1. The molecular formula is C15H10N4O4S. The molecule has 24 heavy (non-hydrogen) atoms. The molecule has 0 unspecified atom stereocenters. The SMILES string of the molecule is O=C(Nn1c(=S)[nH]c2ccccc2c1=O)c1ccccc1[N+](=O)[O-]. The molecule has 0 aliphatic carbocycles. The van der Waals surface area contributed by atoms with Gasteiger partial charge in [0, 0.05) is 6.07 Å². The fraction of sp³-hybridized carbons (Fsp3) is 0. The van der Waals surface area contributed by atoms with Crippen molar-refractivity contribution < 1.29 is 9.72 Å². The number of nitro groups is 1. The number of nitrogens with zero attached hydrogens (tertiary/aromatic N) is 2. The first-order valence-corrected chi connectivity index (χ1v) is 7.18. The Morgan fingerprint density at radius 3 is 2.58 bits per heavy atom. The number of H-pyrrole nitrogens is 1. The predicted molar refractivity (Wildman–Crippen MR) is 90.2 cm³/mol. The van der Waals surface area contributed by atoms with E-state index in [9.17, 15) is 19.7 Å². The number of rotatable bonds is 3. The molecule has 8 nitrogen and oxygen atoms in total. The number of fused-ring (bicyclic) bond motifs is 1. The van der Waals surface area contributed by atoms with Crippen molar-refractivity contribution >= 4 is 34.7 Å². The summed E-state index contributed by atoms with van der Waals surface area (Å²) in [5, 5.41) is 11.3. The van der Waals surface area contributed by atoms with E-state index >= 15 is 0 Å². The van der Waals surface area contributed by atoms with Crippen LogP contribution in [0.2, 0.25) is 0 Å². The number of hydrogen-bond donors (Lipinski definition) is 2. The Kier molecular flexibility index (Phi) is 3.92. The third kappa shape index (κ3) is 2.68. The molecule has 0 saturated heterocycles. The van der Waals surface area contributed by atoms with Crippen molar-refractivity contribution in [2.24, 2.45) is 0 Å². The van der Waals surface area contributed by atoms with E-state index in [1.54, 1.807) is 24.3 Å². The van der Waals surface area contributed by atoms with Crippen molar-refractivity contribution in [3.05, 3.63) is 79.3 Å². The lowest BCUT2D eigenvalue weighted by molar-refractivity contribution is -0.385. The quantitative estimate of drug-likeness (QED) is 0.431. The van der Waals surface area contributed by atoms with Crippen molar-refractivity contribution in [2.75, 3.05) is 5.43 Å². The maximum Gasteiger partial charge on any atom is 0.282 e. The minimum Gasteiger partial charge on any atom is -0.330 e. The average Bonchev–Trinajstić information content (AvgIpc) is 2.58. The fourth-order valence-electron chi connectivity index (χ4n) is 2.25. The predicted octanol–water partition coefficient (Wildman–Crippen LogP) is 2.35. The van der Waals surface area contributed by atoms with E-state index < -0.39 is 16.4 Å². The molecule has 3 rings (SSSR count). The molecule has 120 valence electrons. The van der Waals surface area contributed by atoms with Crippen LogP contribution in [0.5, 0.6) is 0 Å². The van der Waals surface area contributed by atoms with Gasteiger partial charge in [-0.15, -0.1) is 0 Å². The molecule has 0 aliphatic rings. The molecule has 3 aromatic rings. The van der Waals surface area contributed by atoms with Gasteiger partial charge >= 0.3 is 0 Å². The van der Waals surface area contributed by atoms with E-state index in [0.29, 0.717) is 10.9 Å². The summed E-state index contributed by atoms with van der Waals surface area (Å²) in [6.45, 7) is 0. The largest absolute Gasteiger partial charge is 0.330 e. The number of carbonyl (C=O) groups is 1. The van der Waals surface area contributed by atoms with Gasteiger partial charge in [0.25, 0.3) is 17.2 Å². The summed E-state index contributed by atoms with van der Waals surface area (Å²) in [7, 11) is 0. The second kappa shape index (κ2) is 6.05. The molecule has 1 amide bonds. The van der Waals surface area contributed by atoms with Crippen molar-refractivity contribution in [2.45, 2.75) is 0 Å². The number of nitrogens with one attached hydrogen (secondary N) is 2. The standard InChI is InChI=1S/C15H10N4O4S/c20-13(10-6-2-4-8-12(10)19(22)23)17-18-14(21)9-5-1-3-7-11(9)16-15(18)24/h1-8H,(H,16,24)(H,17,20). The first-order chi connectivity index (χ1) is 11.5. The van der Waals surface area contributed by atoms with E-state index in [1.165, 1.54) is 24.3 Å². The second-order valence-electron chi connectivity index (χ2n) is 4.83. The molecule has 2 aromatic carbocycles. The Labute approximate surface area is 139 Å².